The summed E-state index contributed by atoms with van der Waals surface area (Å²) < 4.78 is 0. The molecular formula is C9H19NO. The largest absolute Gasteiger partial charge is 0.392 e. The molecule has 0 amide bonds. The van der Waals surface area contributed by atoms with Crippen molar-refractivity contribution in [3.63, 3.8) is 0 Å². The number of aliphatic hydroxyl groups is 1. The van der Waals surface area contributed by atoms with E-state index in [1.165, 1.54) is 5.57 Å². The molecule has 0 saturated carbocycles. The van der Waals surface area contributed by atoms with Crippen LogP contribution in [0.2, 0.25) is 0 Å². The molecule has 0 heterocycles. The molecule has 0 saturated heterocycles. The Balaban J connectivity index is 3.21. The standard InChI is InChI=1S/C9H19NO/c1-4-9(11)7-10-6-5-8(2)3/h5,9-11H,4,6-7H2,1-3H3. The summed E-state index contributed by atoms with van der Waals surface area (Å²) in [6.07, 6.45) is 2.74. The molecule has 66 valence electrons. The molecule has 0 spiro atoms. The van der Waals surface area contributed by atoms with Gasteiger partial charge in [0, 0.05) is 13.1 Å². The molecule has 0 rings (SSSR count). The first-order valence-corrected chi connectivity index (χ1v) is 4.19. The lowest BCUT2D eigenvalue weighted by atomic mass is 10.3. The Morgan fingerprint density at radius 2 is 2.18 bits per heavy atom. The molecule has 1 atom stereocenters. The zero-order valence-electron chi connectivity index (χ0n) is 7.72. The zero-order valence-corrected chi connectivity index (χ0v) is 7.72. The Kier molecular flexibility index (Phi) is 6.18. The molecule has 0 bridgehead atoms. The first kappa shape index (κ1) is 10.7. The smallest absolute Gasteiger partial charge is 0.0662 e. The average molecular weight is 157 g/mol. The van der Waals surface area contributed by atoms with E-state index in [0.29, 0.717) is 6.54 Å². The minimum atomic E-state index is -0.194. The monoisotopic (exact) mass is 157 g/mol. The first-order chi connectivity index (χ1) is 5.16. The molecule has 0 radical (unpaired) electrons. The van der Waals surface area contributed by atoms with Crippen LogP contribution >= 0.6 is 0 Å². The van der Waals surface area contributed by atoms with Crippen LogP contribution in [0.5, 0.6) is 0 Å². The van der Waals surface area contributed by atoms with Gasteiger partial charge in [0.15, 0.2) is 0 Å². The molecular weight excluding hydrogens is 138 g/mol. The van der Waals surface area contributed by atoms with Gasteiger partial charge in [0.05, 0.1) is 6.10 Å². The van der Waals surface area contributed by atoms with Crippen molar-refractivity contribution in [3.05, 3.63) is 11.6 Å². The number of nitrogens with one attached hydrogen (secondary N) is 1. The van der Waals surface area contributed by atoms with Gasteiger partial charge in [0.1, 0.15) is 0 Å². The van der Waals surface area contributed by atoms with Gasteiger partial charge < -0.3 is 10.4 Å². The lowest BCUT2D eigenvalue weighted by Gasteiger charge is -2.06. The Bertz CT molecular complexity index is 117. The third-order valence-corrected chi connectivity index (χ3v) is 1.51. The third-order valence-electron chi connectivity index (χ3n) is 1.51. The molecule has 0 fully saturated rings. The van der Waals surface area contributed by atoms with Crippen LogP contribution in [0.3, 0.4) is 0 Å². The summed E-state index contributed by atoms with van der Waals surface area (Å²) in [4.78, 5) is 0. The van der Waals surface area contributed by atoms with Gasteiger partial charge in [-0.25, -0.2) is 0 Å². The van der Waals surface area contributed by atoms with E-state index in [4.69, 9.17) is 5.11 Å². The van der Waals surface area contributed by atoms with Crippen LogP contribution in [0.1, 0.15) is 27.2 Å². The van der Waals surface area contributed by atoms with E-state index < -0.39 is 0 Å². The number of allylic oxidation sites excluding steroid dienone is 1. The Labute approximate surface area is 69.3 Å². The Morgan fingerprint density at radius 1 is 1.55 bits per heavy atom. The van der Waals surface area contributed by atoms with Crippen LogP contribution in [0.25, 0.3) is 0 Å². The van der Waals surface area contributed by atoms with E-state index in [1.807, 2.05) is 6.92 Å². The lowest BCUT2D eigenvalue weighted by Crippen LogP contribution is -2.26. The van der Waals surface area contributed by atoms with Gasteiger partial charge in [-0.3, -0.25) is 0 Å². The minimum absolute atomic E-state index is 0.194. The van der Waals surface area contributed by atoms with Gasteiger partial charge in [0.2, 0.25) is 0 Å². The first-order valence-electron chi connectivity index (χ1n) is 4.19. The highest BCUT2D eigenvalue weighted by Crippen LogP contribution is 1.88. The van der Waals surface area contributed by atoms with Crippen LogP contribution in [0, 0.1) is 0 Å². The Morgan fingerprint density at radius 3 is 2.64 bits per heavy atom. The highest BCUT2D eigenvalue weighted by molar-refractivity contribution is 4.94. The van der Waals surface area contributed by atoms with Gasteiger partial charge in [-0.1, -0.05) is 18.6 Å². The molecule has 0 aromatic rings. The quantitative estimate of drug-likeness (QED) is 0.466. The number of aliphatic hydroxyl groups excluding tert-OH is 1. The van der Waals surface area contributed by atoms with Crippen molar-refractivity contribution < 1.29 is 5.11 Å². The molecule has 1 unspecified atom stereocenters. The van der Waals surface area contributed by atoms with Crippen molar-refractivity contribution in [1.82, 2.24) is 5.32 Å². The number of rotatable bonds is 5. The van der Waals surface area contributed by atoms with Crippen LogP contribution in [-0.2, 0) is 0 Å². The molecule has 0 aliphatic carbocycles. The maximum Gasteiger partial charge on any atom is 0.0662 e. The summed E-state index contributed by atoms with van der Waals surface area (Å²) >= 11 is 0. The maximum atomic E-state index is 9.14. The van der Waals surface area contributed by atoms with E-state index in [2.05, 4.69) is 25.2 Å². The van der Waals surface area contributed by atoms with Gasteiger partial charge in [-0.15, -0.1) is 0 Å². The highest BCUT2D eigenvalue weighted by Gasteiger charge is 1.96. The summed E-state index contributed by atoms with van der Waals surface area (Å²) in [5.74, 6) is 0. The molecule has 0 aliphatic rings. The van der Waals surface area contributed by atoms with Crippen molar-refractivity contribution in [2.75, 3.05) is 13.1 Å². The molecule has 0 aliphatic heterocycles. The molecule has 2 N–H and O–H groups in total. The highest BCUT2D eigenvalue weighted by atomic mass is 16.3. The van der Waals surface area contributed by atoms with E-state index >= 15 is 0 Å². The molecule has 0 aromatic heterocycles. The van der Waals surface area contributed by atoms with Crippen molar-refractivity contribution >= 4 is 0 Å². The summed E-state index contributed by atoms with van der Waals surface area (Å²) in [7, 11) is 0. The maximum absolute atomic E-state index is 9.14. The predicted molar refractivity (Wildman–Crippen MR) is 48.6 cm³/mol. The van der Waals surface area contributed by atoms with Crippen LogP contribution in [0.4, 0.5) is 0 Å². The topological polar surface area (TPSA) is 32.3 Å². The third kappa shape index (κ3) is 7.56. The van der Waals surface area contributed by atoms with Crippen LogP contribution in [0.15, 0.2) is 11.6 Å². The summed E-state index contributed by atoms with van der Waals surface area (Å²) in [5, 5.41) is 12.3. The SMILES string of the molecule is CCC(O)CNCC=C(C)C. The summed E-state index contributed by atoms with van der Waals surface area (Å²) in [6.45, 7) is 7.67. The fourth-order valence-electron chi connectivity index (χ4n) is 0.671. The normalized spacial score (nSPS) is 12.7. The molecule has 11 heavy (non-hydrogen) atoms. The zero-order chi connectivity index (χ0) is 8.69. The van der Waals surface area contributed by atoms with Crippen LogP contribution in [-0.4, -0.2) is 24.3 Å². The second kappa shape index (κ2) is 6.38. The fraction of sp³-hybridized carbons (Fsp3) is 0.778. The van der Waals surface area contributed by atoms with Gasteiger partial charge in [-0.05, 0) is 20.3 Å². The van der Waals surface area contributed by atoms with E-state index in [0.717, 1.165) is 13.0 Å². The molecule has 0 aromatic carbocycles. The minimum Gasteiger partial charge on any atom is -0.392 e. The predicted octanol–water partition coefficient (Wildman–Crippen LogP) is 1.31. The number of hydrogen-bond acceptors (Lipinski definition) is 2. The number of hydrogen-bond donors (Lipinski definition) is 2. The van der Waals surface area contributed by atoms with E-state index in [9.17, 15) is 0 Å². The Hall–Kier alpha value is -0.340. The van der Waals surface area contributed by atoms with Gasteiger partial charge >= 0.3 is 0 Å². The van der Waals surface area contributed by atoms with Gasteiger partial charge in [-0.2, -0.15) is 0 Å². The summed E-state index contributed by atoms with van der Waals surface area (Å²) in [5.41, 5.74) is 1.31. The van der Waals surface area contributed by atoms with Crippen molar-refractivity contribution in [1.29, 1.82) is 0 Å². The molecule has 2 heteroatoms. The van der Waals surface area contributed by atoms with Crippen molar-refractivity contribution in [2.45, 2.75) is 33.3 Å². The molecule has 2 nitrogen and oxygen atoms in total. The second-order valence-electron chi connectivity index (χ2n) is 3.00. The van der Waals surface area contributed by atoms with Crippen molar-refractivity contribution in [2.24, 2.45) is 0 Å². The van der Waals surface area contributed by atoms with Crippen LogP contribution < -0.4 is 5.32 Å². The fourth-order valence-corrected chi connectivity index (χ4v) is 0.671. The average Bonchev–Trinajstić information content (AvgIpc) is 1.97. The van der Waals surface area contributed by atoms with E-state index in [-0.39, 0.29) is 6.10 Å². The second-order valence-corrected chi connectivity index (χ2v) is 3.00. The van der Waals surface area contributed by atoms with E-state index in [1.54, 1.807) is 0 Å². The van der Waals surface area contributed by atoms with Gasteiger partial charge in [0.25, 0.3) is 0 Å². The van der Waals surface area contributed by atoms with Crippen molar-refractivity contribution in [3.8, 4) is 0 Å². The summed E-state index contributed by atoms with van der Waals surface area (Å²) in [6, 6.07) is 0. The lowest BCUT2D eigenvalue weighted by molar-refractivity contribution is 0.169.